The zero-order valence-corrected chi connectivity index (χ0v) is 13.2. The number of ether oxygens (including phenoxy) is 1. The summed E-state index contributed by atoms with van der Waals surface area (Å²) in [5.41, 5.74) is 0.326. The molecule has 1 aromatic rings. The van der Waals surface area contributed by atoms with E-state index in [9.17, 15) is 14.7 Å². The van der Waals surface area contributed by atoms with Crippen LogP contribution >= 0.6 is 15.9 Å². The predicted molar refractivity (Wildman–Crippen MR) is 81.7 cm³/mol. The van der Waals surface area contributed by atoms with E-state index >= 15 is 0 Å². The fraction of sp³-hybridized carbons (Fsp3) is 0.429. The Morgan fingerprint density at radius 3 is 2.90 bits per heavy atom. The molecule has 1 fully saturated rings. The molecule has 7 heteroatoms. The first-order valence-electron chi connectivity index (χ1n) is 6.63. The monoisotopic (exact) mass is 356 g/mol. The second-order valence-electron chi connectivity index (χ2n) is 4.84. The Bertz CT molecular complexity index is 550. The third-order valence-electron chi connectivity index (χ3n) is 3.47. The van der Waals surface area contributed by atoms with E-state index in [0.717, 1.165) is 12.8 Å². The van der Waals surface area contributed by atoms with Crippen LogP contribution in [0.5, 0.6) is 0 Å². The van der Waals surface area contributed by atoms with Gasteiger partial charge < -0.3 is 20.1 Å². The molecular weight excluding hydrogens is 340 g/mol. The number of benzene rings is 1. The van der Waals surface area contributed by atoms with Crippen LogP contribution in [0.25, 0.3) is 0 Å². The lowest BCUT2D eigenvalue weighted by atomic mass is 10.1. The molecule has 0 radical (unpaired) electrons. The number of piperidine rings is 1. The summed E-state index contributed by atoms with van der Waals surface area (Å²) in [6.45, 7) is 1.15. The van der Waals surface area contributed by atoms with Crippen LogP contribution in [-0.2, 0) is 4.74 Å². The molecule has 1 aromatic carbocycles. The van der Waals surface area contributed by atoms with Crippen molar-refractivity contribution in [2.45, 2.75) is 18.9 Å². The molecule has 114 valence electrons. The molecule has 2 rings (SSSR count). The highest BCUT2D eigenvalue weighted by molar-refractivity contribution is 9.10. The lowest BCUT2D eigenvalue weighted by Gasteiger charge is -2.32. The normalized spacial score (nSPS) is 18.4. The molecule has 1 saturated heterocycles. The van der Waals surface area contributed by atoms with E-state index in [0.29, 0.717) is 17.6 Å². The Hall–Kier alpha value is -1.60. The summed E-state index contributed by atoms with van der Waals surface area (Å²) in [5, 5.41) is 11.9. The number of carboxylic acids is 1. The van der Waals surface area contributed by atoms with Gasteiger partial charge in [-0.15, -0.1) is 0 Å². The van der Waals surface area contributed by atoms with Crippen molar-refractivity contribution in [2.24, 2.45) is 0 Å². The number of aromatic carboxylic acids is 1. The van der Waals surface area contributed by atoms with Gasteiger partial charge in [-0.3, -0.25) is 0 Å². The van der Waals surface area contributed by atoms with Gasteiger partial charge in [-0.1, -0.05) is 6.07 Å². The summed E-state index contributed by atoms with van der Waals surface area (Å²) < 4.78 is 5.82. The second-order valence-corrected chi connectivity index (χ2v) is 5.70. The first-order valence-corrected chi connectivity index (χ1v) is 7.42. The Balaban J connectivity index is 2.14. The van der Waals surface area contributed by atoms with E-state index in [1.165, 1.54) is 6.07 Å². The number of hydrogen-bond acceptors (Lipinski definition) is 3. The molecule has 1 heterocycles. The van der Waals surface area contributed by atoms with Gasteiger partial charge in [-0.25, -0.2) is 9.59 Å². The van der Waals surface area contributed by atoms with Gasteiger partial charge in [-0.2, -0.15) is 0 Å². The van der Waals surface area contributed by atoms with Crippen molar-refractivity contribution in [3.8, 4) is 0 Å². The Kier molecular flexibility index (Phi) is 5.19. The highest BCUT2D eigenvalue weighted by atomic mass is 79.9. The number of nitrogens with zero attached hydrogens (tertiary/aromatic N) is 1. The number of methoxy groups -OCH3 is 1. The number of anilines is 1. The maximum absolute atomic E-state index is 12.3. The number of halogens is 1. The fourth-order valence-corrected chi connectivity index (χ4v) is 2.80. The van der Waals surface area contributed by atoms with Crippen molar-refractivity contribution in [3.05, 3.63) is 28.2 Å². The predicted octanol–water partition coefficient (Wildman–Crippen LogP) is 2.79. The Morgan fingerprint density at radius 1 is 1.48 bits per heavy atom. The van der Waals surface area contributed by atoms with E-state index in [1.807, 2.05) is 0 Å². The van der Waals surface area contributed by atoms with Gasteiger partial charge in [0.05, 0.1) is 17.4 Å². The molecule has 1 aliphatic rings. The minimum atomic E-state index is -1.08. The van der Waals surface area contributed by atoms with Crippen LogP contribution < -0.4 is 5.32 Å². The average molecular weight is 357 g/mol. The van der Waals surface area contributed by atoms with Gasteiger partial charge in [0.2, 0.25) is 0 Å². The number of likely N-dealkylation sites (tertiary alicyclic amines) is 1. The largest absolute Gasteiger partial charge is 0.478 e. The van der Waals surface area contributed by atoms with Crippen LogP contribution in [0.2, 0.25) is 0 Å². The smallest absolute Gasteiger partial charge is 0.337 e. The number of rotatable bonds is 3. The van der Waals surface area contributed by atoms with Crippen LogP contribution in [0.1, 0.15) is 23.2 Å². The van der Waals surface area contributed by atoms with Gasteiger partial charge in [0.25, 0.3) is 0 Å². The zero-order chi connectivity index (χ0) is 15.4. The quantitative estimate of drug-likeness (QED) is 0.872. The molecular formula is C14H17BrN2O4. The second kappa shape index (κ2) is 6.91. The zero-order valence-electron chi connectivity index (χ0n) is 11.6. The number of carboxylic acid groups (broad SMARTS) is 1. The van der Waals surface area contributed by atoms with Crippen LogP contribution in [-0.4, -0.2) is 48.3 Å². The number of urea groups is 1. The maximum atomic E-state index is 12.3. The molecule has 1 atom stereocenters. The highest BCUT2D eigenvalue weighted by Gasteiger charge is 2.25. The topological polar surface area (TPSA) is 78.9 Å². The highest BCUT2D eigenvalue weighted by Crippen LogP contribution is 2.27. The summed E-state index contributed by atoms with van der Waals surface area (Å²) in [7, 11) is 1.63. The van der Waals surface area contributed by atoms with Crippen LogP contribution in [0.15, 0.2) is 22.7 Å². The average Bonchev–Trinajstić information content (AvgIpc) is 2.49. The van der Waals surface area contributed by atoms with Gasteiger partial charge >= 0.3 is 12.0 Å². The van der Waals surface area contributed by atoms with E-state index in [2.05, 4.69) is 21.2 Å². The lowest BCUT2D eigenvalue weighted by Crippen LogP contribution is -2.45. The molecule has 0 bridgehead atoms. The number of amides is 2. The van der Waals surface area contributed by atoms with Crippen molar-refractivity contribution in [1.29, 1.82) is 0 Å². The maximum Gasteiger partial charge on any atom is 0.337 e. The van der Waals surface area contributed by atoms with Crippen LogP contribution in [0, 0.1) is 0 Å². The molecule has 0 spiro atoms. The summed E-state index contributed by atoms with van der Waals surface area (Å²) in [4.78, 5) is 25.2. The van der Waals surface area contributed by atoms with Crippen LogP contribution in [0.3, 0.4) is 0 Å². The number of carbonyl (C=O) groups is 2. The standard InChI is InChI=1S/C14H17BrN2O4/c1-21-9-4-3-7-17(8-9)14(20)16-12-10(13(18)19)5-2-6-11(12)15/h2,5-6,9H,3-4,7-8H2,1H3,(H,16,20)(H,18,19). The molecule has 0 aromatic heterocycles. The summed E-state index contributed by atoms with van der Waals surface area (Å²) >= 11 is 3.27. The molecule has 1 unspecified atom stereocenters. The van der Waals surface area contributed by atoms with Crippen molar-refractivity contribution in [1.82, 2.24) is 4.90 Å². The summed E-state index contributed by atoms with van der Waals surface area (Å²) in [5.74, 6) is -1.08. The van der Waals surface area contributed by atoms with Crippen molar-refractivity contribution < 1.29 is 19.4 Å². The van der Waals surface area contributed by atoms with Gasteiger partial charge in [0.1, 0.15) is 0 Å². The number of carbonyl (C=O) groups excluding carboxylic acids is 1. The lowest BCUT2D eigenvalue weighted by molar-refractivity contribution is 0.0458. The SMILES string of the molecule is COC1CCCN(C(=O)Nc2c(Br)cccc2C(=O)O)C1. The molecule has 0 aliphatic carbocycles. The van der Waals surface area contributed by atoms with Gasteiger partial charge in [0, 0.05) is 24.7 Å². The van der Waals surface area contributed by atoms with Gasteiger partial charge in [-0.05, 0) is 40.9 Å². The van der Waals surface area contributed by atoms with Crippen molar-refractivity contribution >= 4 is 33.6 Å². The minimum Gasteiger partial charge on any atom is -0.478 e. The first kappa shape index (κ1) is 15.8. The first-order chi connectivity index (χ1) is 10.0. The fourth-order valence-electron chi connectivity index (χ4n) is 2.33. The van der Waals surface area contributed by atoms with E-state index in [1.54, 1.807) is 24.1 Å². The Morgan fingerprint density at radius 2 is 2.24 bits per heavy atom. The van der Waals surface area contributed by atoms with Crippen molar-refractivity contribution in [3.63, 3.8) is 0 Å². The molecule has 1 aliphatic heterocycles. The van der Waals surface area contributed by atoms with Gasteiger partial charge in [0.15, 0.2) is 0 Å². The number of nitrogens with one attached hydrogen (secondary N) is 1. The van der Waals surface area contributed by atoms with E-state index in [4.69, 9.17) is 4.74 Å². The summed E-state index contributed by atoms with van der Waals surface area (Å²) in [6, 6.07) is 4.45. The Labute approximate surface area is 131 Å². The minimum absolute atomic E-state index is 0.0302. The number of hydrogen-bond donors (Lipinski definition) is 2. The van der Waals surface area contributed by atoms with E-state index in [-0.39, 0.29) is 23.4 Å². The third kappa shape index (κ3) is 3.74. The molecule has 21 heavy (non-hydrogen) atoms. The van der Waals surface area contributed by atoms with Crippen LogP contribution in [0.4, 0.5) is 10.5 Å². The molecule has 2 amide bonds. The van der Waals surface area contributed by atoms with E-state index < -0.39 is 5.97 Å². The third-order valence-corrected chi connectivity index (χ3v) is 4.14. The summed E-state index contributed by atoms with van der Waals surface area (Å²) in [6.07, 6.45) is 1.83. The van der Waals surface area contributed by atoms with Crippen molar-refractivity contribution in [2.75, 3.05) is 25.5 Å². The number of para-hydroxylation sites is 1. The molecule has 0 saturated carbocycles. The molecule has 2 N–H and O–H groups in total. The molecule has 6 nitrogen and oxygen atoms in total.